The molecule has 7 nitrogen and oxygen atoms in total. The molecule has 202 valence electrons. The number of carbonyl (C=O) groups is 1. The lowest BCUT2D eigenvalue weighted by molar-refractivity contribution is -0.120. The van der Waals surface area contributed by atoms with Gasteiger partial charge in [-0.15, -0.1) is 0 Å². The van der Waals surface area contributed by atoms with E-state index in [4.69, 9.17) is 14.5 Å². The van der Waals surface area contributed by atoms with E-state index in [-0.39, 0.29) is 35.3 Å². The summed E-state index contributed by atoms with van der Waals surface area (Å²) in [6, 6.07) is 7.65. The standard InChI is InChI=1S/C29H40FN3O4/c1-18(34)32-23(13-19-7-9-20(30)10-8-19)25(35)17-31-24-16-29(11-6-12-29)37-26-22(24)14-21(15-28(2,3)4)33-27(26)36-5/h7-10,14,23-25,31,35H,6,11-13,15-17H2,1-5H3,(H,32,34)/t23-,24-,25-/m0/s1. The van der Waals surface area contributed by atoms with E-state index in [2.05, 4.69) is 37.5 Å². The monoisotopic (exact) mass is 513 g/mol. The van der Waals surface area contributed by atoms with Gasteiger partial charge >= 0.3 is 0 Å². The average molecular weight is 514 g/mol. The van der Waals surface area contributed by atoms with Crippen molar-refractivity contribution in [3.8, 4) is 11.6 Å². The third-order valence-corrected chi connectivity index (χ3v) is 7.26. The largest absolute Gasteiger partial charge is 0.481 e. The van der Waals surface area contributed by atoms with Crippen LogP contribution in [0.2, 0.25) is 0 Å². The summed E-state index contributed by atoms with van der Waals surface area (Å²) in [7, 11) is 1.62. The number of hydrogen-bond donors (Lipinski definition) is 3. The van der Waals surface area contributed by atoms with Crippen molar-refractivity contribution in [1.29, 1.82) is 0 Å². The fraction of sp³-hybridized carbons (Fsp3) is 0.586. The van der Waals surface area contributed by atoms with E-state index in [0.29, 0.717) is 18.1 Å². The van der Waals surface area contributed by atoms with E-state index in [1.807, 2.05) is 0 Å². The molecule has 0 saturated heterocycles. The highest BCUT2D eigenvalue weighted by atomic mass is 19.1. The maximum Gasteiger partial charge on any atom is 0.257 e. The van der Waals surface area contributed by atoms with E-state index in [1.54, 1.807) is 19.2 Å². The van der Waals surface area contributed by atoms with Crippen LogP contribution in [0.1, 0.15) is 76.2 Å². The van der Waals surface area contributed by atoms with Crippen LogP contribution < -0.4 is 20.1 Å². The van der Waals surface area contributed by atoms with Gasteiger partial charge < -0.3 is 25.2 Å². The molecule has 1 spiro atoms. The number of nitrogens with zero attached hydrogens (tertiary/aromatic N) is 1. The van der Waals surface area contributed by atoms with Crippen molar-refractivity contribution < 1.29 is 23.8 Å². The van der Waals surface area contributed by atoms with E-state index < -0.39 is 12.1 Å². The molecule has 2 aliphatic rings. The van der Waals surface area contributed by atoms with Crippen LogP contribution >= 0.6 is 0 Å². The molecule has 1 aliphatic heterocycles. The number of aromatic nitrogens is 1. The van der Waals surface area contributed by atoms with E-state index >= 15 is 0 Å². The summed E-state index contributed by atoms with van der Waals surface area (Å²) in [4.78, 5) is 16.6. The minimum absolute atomic E-state index is 0.0573. The van der Waals surface area contributed by atoms with Gasteiger partial charge in [0.25, 0.3) is 5.88 Å². The zero-order chi connectivity index (χ0) is 26.8. The number of amides is 1. The van der Waals surface area contributed by atoms with Gasteiger partial charge in [-0.3, -0.25) is 4.79 Å². The normalized spacial score (nSPS) is 19.8. The SMILES string of the molecule is COc1nc(CC(C)(C)C)cc2c1OC1(CCC1)C[C@@H]2NC[C@H](O)[C@H](Cc1ccc(F)cc1)NC(C)=O. The topological polar surface area (TPSA) is 92.7 Å². The van der Waals surface area contributed by atoms with E-state index in [9.17, 15) is 14.3 Å². The Morgan fingerprint density at radius 3 is 2.57 bits per heavy atom. The van der Waals surface area contributed by atoms with Gasteiger partial charge in [-0.1, -0.05) is 32.9 Å². The first-order chi connectivity index (χ1) is 17.5. The van der Waals surface area contributed by atoms with E-state index in [0.717, 1.165) is 48.9 Å². The Kier molecular flexibility index (Phi) is 8.09. The molecule has 1 aromatic heterocycles. The molecule has 1 aliphatic carbocycles. The first kappa shape index (κ1) is 27.3. The van der Waals surface area contributed by atoms with Gasteiger partial charge in [0, 0.05) is 37.2 Å². The third-order valence-electron chi connectivity index (χ3n) is 7.26. The van der Waals surface area contributed by atoms with Crippen LogP contribution in [0.3, 0.4) is 0 Å². The Labute approximate surface area is 219 Å². The number of carbonyl (C=O) groups excluding carboxylic acids is 1. The number of ether oxygens (including phenoxy) is 2. The molecule has 0 bridgehead atoms. The number of fused-ring (bicyclic) bond motifs is 1. The molecule has 3 atom stereocenters. The molecule has 4 rings (SSSR count). The average Bonchev–Trinajstić information content (AvgIpc) is 2.80. The number of hydrogen-bond acceptors (Lipinski definition) is 6. The zero-order valence-corrected chi connectivity index (χ0v) is 22.6. The van der Waals surface area contributed by atoms with Gasteiger partial charge in [0.2, 0.25) is 5.91 Å². The van der Waals surface area contributed by atoms with Crippen LogP contribution in [0, 0.1) is 11.2 Å². The molecule has 0 unspecified atom stereocenters. The number of nitrogens with one attached hydrogen (secondary N) is 2. The summed E-state index contributed by atoms with van der Waals surface area (Å²) < 4.78 is 25.5. The zero-order valence-electron chi connectivity index (χ0n) is 22.6. The molecule has 0 radical (unpaired) electrons. The van der Waals surface area contributed by atoms with Gasteiger partial charge in [-0.25, -0.2) is 9.37 Å². The number of methoxy groups -OCH3 is 1. The van der Waals surface area contributed by atoms with Crippen molar-refractivity contribution in [2.45, 2.75) is 90.0 Å². The van der Waals surface area contributed by atoms with Crippen molar-refractivity contribution in [3.05, 3.63) is 53.0 Å². The third kappa shape index (κ3) is 6.79. The molecule has 1 amide bonds. The lowest BCUT2D eigenvalue weighted by Gasteiger charge is -2.48. The molecular weight excluding hydrogens is 473 g/mol. The predicted molar refractivity (Wildman–Crippen MR) is 140 cm³/mol. The lowest BCUT2D eigenvalue weighted by Crippen LogP contribution is -2.52. The van der Waals surface area contributed by atoms with Crippen molar-refractivity contribution in [2.24, 2.45) is 5.41 Å². The molecule has 2 heterocycles. The van der Waals surface area contributed by atoms with Crippen molar-refractivity contribution >= 4 is 5.91 Å². The Morgan fingerprint density at radius 1 is 1.30 bits per heavy atom. The summed E-state index contributed by atoms with van der Waals surface area (Å²) >= 11 is 0. The quantitative estimate of drug-likeness (QED) is 0.464. The Morgan fingerprint density at radius 2 is 2.00 bits per heavy atom. The van der Waals surface area contributed by atoms with Crippen LogP contribution in [-0.2, 0) is 17.6 Å². The second-order valence-corrected chi connectivity index (χ2v) is 11.8. The number of halogens is 1. The summed E-state index contributed by atoms with van der Waals surface area (Å²) in [5.74, 6) is 0.643. The highest BCUT2D eigenvalue weighted by Crippen LogP contribution is 2.51. The summed E-state index contributed by atoms with van der Waals surface area (Å²) in [6.07, 6.45) is 4.18. The first-order valence-electron chi connectivity index (χ1n) is 13.2. The second-order valence-electron chi connectivity index (χ2n) is 11.8. The molecule has 8 heteroatoms. The minimum Gasteiger partial charge on any atom is -0.481 e. The minimum atomic E-state index is -0.852. The molecule has 1 saturated carbocycles. The predicted octanol–water partition coefficient (Wildman–Crippen LogP) is 4.26. The van der Waals surface area contributed by atoms with Crippen molar-refractivity contribution in [1.82, 2.24) is 15.6 Å². The number of aliphatic hydroxyl groups is 1. The molecule has 37 heavy (non-hydrogen) atoms. The number of aliphatic hydroxyl groups excluding tert-OH is 1. The van der Waals surface area contributed by atoms with Crippen LogP contribution in [0.4, 0.5) is 4.39 Å². The summed E-state index contributed by atoms with van der Waals surface area (Å²) in [5.41, 5.74) is 2.58. The van der Waals surface area contributed by atoms with Crippen LogP contribution in [0.25, 0.3) is 0 Å². The van der Waals surface area contributed by atoms with Crippen molar-refractivity contribution in [3.63, 3.8) is 0 Å². The summed E-state index contributed by atoms with van der Waals surface area (Å²) in [5, 5.41) is 17.6. The number of pyridine rings is 1. The molecule has 3 N–H and O–H groups in total. The van der Waals surface area contributed by atoms with Crippen LogP contribution in [0.5, 0.6) is 11.6 Å². The van der Waals surface area contributed by atoms with Crippen molar-refractivity contribution in [2.75, 3.05) is 13.7 Å². The van der Waals surface area contributed by atoms with Gasteiger partial charge in [-0.2, -0.15) is 0 Å². The molecule has 2 aromatic rings. The van der Waals surface area contributed by atoms with Crippen LogP contribution in [0.15, 0.2) is 30.3 Å². The fourth-order valence-corrected chi connectivity index (χ4v) is 5.34. The second kappa shape index (κ2) is 11.0. The molecule has 1 fully saturated rings. The summed E-state index contributed by atoms with van der Waals surface area (Å²) in [6.45, 7) is 8.23. The smallest absolute Gasteiger partial charge is 0.257 e. The Hall–Kier alpha value is -2.71. The van der Waals surface area contributed by atoms with Gasteiger partial charge in [-0.05, 0) is 61.3 Å². The Bertz CT molecular complexity index is 1100. The lowest BCUT2D eigenvalue weighted by atomic mass is 9.73. The van der Waals surface area contributed by atoms with E-state index in [1.165, 1.54) is 19.1 Å². The van der Waals surface area contributed by atoms with Crippen LogP contribution in [-0.4, -0.2) is 47.4 Å². The molecular formula is C29H40FN3O4. The highest BCUT2D eigenvalue weighted by molar-refractivity contribution is 5.73. The molecule has 1 aromatic carbocycles. The first-order valence-corrected chi connectivity index (χ1v) is 13.2. The number of rotatable bonds is 9. The Balaban J connectivity index is 1.56. The van der Waals surface area contributed by atoms with Gasteiger partial charge in [0.15, 0.2) is 5.75 Å². The number of benzene rings is 1. The maximum atomic E-state index is 13.4. The van der Waals surface area contributed by atoms with Gasteiger partial charge in [0.1, 0.15) is 11.4 Å². The fourth-order valence-electron chi connectivity index (χ4n) is 5.34. The highest BCUT2D eigenvalue weighted by Gasteiger charge is 2.47. The van der Waals surface area contributed by atoms with Gasteiger partial charge in [0.05, 0.1) is 19.3 Å². The maximum absolute atomic E-state index is 13.4.